The van der Waals surface area contributed by atoms with Crippen LogP contribution in [0, 0.1) is 11.8 Å². The summed E-state index contributed by atoms with van der Waals surface area (Å²) in [5, 5.41) is 4.53. The van der Waals surface area contributed by atoms with Gasteiger partial charge in [0.1, 0.15) is 0 Å². The quantitative estimate of drug-likeness (QED) is 0.773. The summed E-state index contributed by atoms with van der Waals surface area (Å²) in [6.45, 7) is 3.45. The molecule has 0 heterocycles. The van der Waals surface area contributed by atoms with E-state index in [0.29, 0.717) is 0 Å². The van der Waals surface area contributed by atoms with Crippen LogP contribution in [0.1, 0.15) is 44.1 Å². The molecule has 3 aliphatic carbocycles. The lowest BCUT2D eigenvalue weighted by Gasteiger charge is -2.28. The van der Waals surface area contributed by atoms with Gasteiger partial charge in [-0.05, 0) is 68.1 Å². The van der Waals surface area contributed by atoms with Gasteiger partial charge in [0.2, 0.25) is 0 Å². The second-order valence-electron chi connectivity index (χ2n) is 7.22. The van der Waals surface area contributed by atoms with E-state index in [0.717, 1.165) is 29.4 Å². The molecule has 3 aliphatic rings. The van der Waals surface area contributed by atoms with Gasteiger partial charge in [-0.3, -0.25) is 0 Å². The highest BCUT2D eigenvalue weighted by molar-refractivity contribution is 6.30. The van der Waals surface area contributed by atoms with Crippen molar-refractivity contribution in [2.75, 3.05) is 18.0 Å². The molecule has 3 heteroatoms. The maximum Gasteiger partial charge on any atom is 0.0426 e. The Morgan fingerprint density at radius 2 is 1.67 bits per heavy atom. The number of halogens is 1. The average molecular weight is 305 g/mol. The highest BCUT2D eigenvalue weighted by Crippen LogP contribution is 2.37. The Bertz CT molecular complexity index is 490. The third-order valence-corrected chi connectivity index (χ3v) is 5.13. The first-order valence-corrected chi connectivity index (χ1v) is 8.92. The van der Waals surface area contributed by atoms with Gasteiger partial charge in [-0.2, -0.15) is 0 Å². The van der Waals surface area contributed by atoms with E-state index in [9.17, 15) is 0 Å². The fourth-order valence-electron chi connectivity index (χ4n) is 3.02. The number of hydrogen-bond donors (Lipinski definition) is 1. The summed E-state index contributed by atoms with van der Waals surface area (Å²) in [4.78, 5) is 2.63. The summed E-state index contributed by atoms with van der Waals surface area (Å²) < 4.78 is 0. The van der Waals surface area contributed by atoms with Crippen LogP contribution in [0.25, 0.3) is 0 Å². The van der Waals surface area contributed by atoms with E-state index in [1.807, 2.05) is 6.07 Å². The van der Waals surface area contributed by atoms with Gasteiger partial charge in [0.15, 0.2) is 0 Å². The van der Waals surface area contributed by atoms with Crippen molar-refractivity contribution in [3.05, 3.63) is 28.8 Å². The molecular formula is C18H25ClN2. The van der Waals surface area contributed by atoms with Crippen LogP contribution in [0.3, 0.4) is 0 Å². The zero-order chi connectivity index (χ0) is 14.2. The van der Waals surface area contributed by atoms with Gasteiger partial charge in [-0.25, -0.2) is 0 Å². The van der Waals surface area contributed by atoms with Crippen molar-refractivity contribution in [2.24, 2.45) is 11.8 Å². The maximum atomic E-state index is 6.29. The molecule has 3 saturated carbocycles. The molecule has 1 aromatic rings. The Kier molecular flexibility index (Phi) is 3.85. The van der Waals surface area contributed by atoms with Crippen LogP contribution in [0.15, 0.2) is 18.2 Å². The van der Waals surface area contributed by atoms with Crippen molar-refractivity contribution < 1.29 is 0 Å². The van der Waals surface area contributed by atoms with Crippen LogP contribution in [0.2, 0.25) is 5.02 Å². The molecule has 0 spiro atoms. The molecule has 21 heavy (non-hydrogen) atoms. The highest BCUT2D eigenvalue weighted by atomic mass is 35.5. The maximum absolute atomic E-state index is 6.29. The zero-order valence-corrected chi connectivity index (χ0v) is 13.4. The zero-order valence-electron chi connectivity index (χ0n) is 12.7. The van der Waals surface area contributed by atoms with Crippen LogP contribution >= 0.6 is 11.6 Å². The van der Waals surface area contributed by atoms with E-state index >= 15 is 0 Å². The van der Waals surface area contributed by atoms with Gasteiger partial charge in [0.25, 0.3) is 0 Å². The number of hydrogen-bond acceptors (Lipinski definition) is 2. The van der Waals surface area contributed by atoms with E-state index < -0.39 is 0 Å². The standard InChI is InChI=1S/C18H25ClN2/c19-16-6-5-15(10-20-17-7-8-17)18(9-16)21(11-13-1-2-13)12-14-3-4-14/h5-6,9,13-14,17,20H,1-4,7-8,10-12H2. The number of nitrogens with zero attached hydrogens (tertiary/aromatic N) is 1. The van der Waals surface area contributed by atoms with Crippen molar-refractivity contribution in [1.82, 2.24) is 5.32 Å². The van der Waals surface area contributed by atoms with Gasteiger partial charge >= 0.3 is 0 Å². The molecule has 0 aliphatic heterocycles. The fraction of sp³-hybridized carbons (Fsp3) is 0.667. The Morgan fingerprint density at radius 3 is 2.24 bits per heavy atom. The molecule has 1 N–H and O–H groups in total. The fourth-order valence-corrected chi connectivity index (χ4v) is 3.18. The lowest BCUT2D eigenvalue weighted by Crippen LogP contribution is -2.30. The van der Waals surface area contributed by atoms with Crippen molar-refractivity contribution >= 4 is 17.3 Å². The van der Waals surface area contributed by atoms with Gasteiger partial charge in [0.05, 0.1) is 0 Å². The van der Waals surface area contributed by atoms with Crippen molar-refractivity contribution in [3.63, 3.8) is 0 Å². The minimum Gasteiger partial charge on any atom is -0.371 e. The second-order valence-corrected chi connectivity index (χ2v) is 7.66. The molecule has 4 rings (SSSR count). The lowest BCUT2D eigenvalue weighted by molar-refractivity contribution is 0.659. The highest BCUT2D eigenvalue weighted by Gasteiger charge is 2.30. The summed E-state index contributed by atoms with van der Waals surface area (Å²) in [5.41, 5.74) is 2.81. The summed E-state index contributed by atoms with van der Waals surface area (Å²) >= 11 is 6.29. The first kappa shape index (κ1) is 13.9. The molecule has 0 aromatic heterocycles. The number of rotatable bonds is 8. The molecule has 1 aromatic carbocycles. The minimum absolute atomic E-state index is 0.758. The minimum atomic E-state index is 0.758. The van der Waals surface area contributed by atoms with E-state index in [1.165, 1.54) is 62.9 Å². The number of benzene rings is 1. The van der Waals surface area contributed by atoms with Gasteiger partial charge in [-0.1, -0.05) is 17.7 Å². The Morgan fingerprint density at radius 1 is 1.00 bits per heavy atom. The molecule has 114 valence electrons. The molecule has 0 atom stereocenters. The summed E-state index contributed by atoms with van der Waals surface area (Å²) in [6, 6.07) is 7.21. The van der Waals surface area contributed by atoms with Crippen molar-refractivity contribution in [2.45, 2.75) is 51.1 Å². The van der Waals surface area contributed by atoms with Gasteiger partial charge in [0, 0.05) is 36.4 Å². The van der Waals surface area contributed by atoms with E-state index in [1.54, 1.807) is 0 Å². The molecule has 2 nitrogen and oxygen atoms in total. The molecule has 0 bridgehead atoms. The predicted molar refractivity (Wildman–Crippen MR) is 89.0 cm³/mol. The van der Waals surface area contributed by atoms with Crippen LogP contribution < -0.4 is 10.2 Å². The first-order valence-electron chi connectivity index (χ1n) is 8.54. The van der Waals surface area contributed by atoms with Crippen molar-refractivity contribution in [1.29, 1.82) is 0 Å². The predicted octanol–water partition coefficient (Wildman–Crippen LogP) is 4.22. The van der Waals surface area contributed by atoms with E-state index in [-0.39, 0.29) is 0 Å². The molecular weight excluding hydrogens is 280 g/mol. The Hall–Kier alpha value is -0.730. The molecule has 0 radical (unpaired) electrons. The van der Waals surface area contributed by atoms with Crippen LogP contribution in [-0.4, -0.2) is 19.1 Å². The lowest BCUT2D eigenvalue weighted by atomic mass is 10.1. The topological polar surface area (TPSA) is 15.3 Å². The van der Waals surface area contributed by atoms with Crippen molar-refractivity contribution in [3.8, 4) is 0 Å². The smallest absolute Gasteiger partial charge is 0.0426 e. The van der Waals surface area contributed by atoms with Crippen LogP contribution in [0.5, 0.6) is 0 Å². The normalized spacial score (nSPS) is 21.6. The van der Waals surface area contributed by atoms with E-state index in [2.05, 4.69) is 22.3 Å². The molecule has 3 fully saturated rings. The second kappa shape index (κ2) is 5.81. The SMILES string of the molecule is Clc1ccc(CNC2CC2)c(N(CC2CC2)CC2CC2)c1. The summed E-state index contributed by atoms with van der Waals surface area (Å²) in [6.07, 6.45) is 8.34. The average Bonchev–Trinajstić information content (AvgIpc) is 3.33. The number of nitrogens with one attached hydrogen (secondary N) is 1. The van der Waals surface area contributed by atoms with Crippen LogP contribution in [0.4, 0.5) is 5.69 Å². The van der Waals surface area contributed by atoms with E-state index in [4.69, 9.17) is 11.6 Å². The third-order valence-electron chi connectivity index (χ3n) is 4.90. The third kappa shape index (κ3) is 3.92. The first-order chi connectivity index (χ1) is 10.3. The number of anilines is 1. The largest absolute Gasteiger partial charge is 0.371 e. The summed E-state index contributed by atoms with van der Waals surface area (Å²) in [7, 11) is 0. The van der Waals surface area contributed by atoms with Gasteiger partial charge < -0.3 is 10.2 Å². The Balaban J connectivity index is 1.53. The van der Waals surface area contributed by atoms with Gasteiger partial charge in [-0.15, -0.1) is 0 Å². The summed E-state index contributed by atoms with van der Waals surface area (Å²) in [5.74, 6) is 1.85. The monoisotopic (exact) mass is 304 g/mol. The molecule has 0 amide bonds. The molecule has 0 unspecified atom stereocenters. The van der Waals surface area contributed by atoms with Crippen LogP contribution in [-0.2, 0) is 6.54 Å². The molecule has 0 saturated heterocycles. The Labute approximate surface area is 132 Å².